The van der Waals surface area contributed by atoms with Crippen LogP contribution in [0.3, 0.4) is 0 Å². The number of carbonyl (C=O) groups excluding carboxylic acids is 1. The van der Waals surface area contributed by atoms with Crippen LogP contribution in [0.5, 0.6) is 0 Å². The Morgan fingerprint density at radius 3 is 2.40 bits per heavy atom. The number of aliphatic hydroxyl groups is 1. The maximum atomic E-state index is 12.1. The van der Waals surface area contributed by atoms with Gasteiger partial charge in [-0.05, 0) is 43.4 Å². The van der Waals surface area contributed by atoms with E-state index in [1.54, 1.807) is 6.92 Å². The van der Waals surface area contributed by atoms with E-state index in [-0.39, 0.29) is 11.9 Å². The lowest BCUT2D eigenvalue weighted by molar-refractivity contribution is 0.173. The largest absolute Gasteiger partial charge is 0.393 e. The number of hydrogen-bond acceptors (Lipinski definition) is 2. The van der Waals surface area contributed by atoms with Crippen LogP contribution < -0.4 is 10.6 Å². The third-order valence-electron chi connectivity index (χ3n) is 4.35. The highest BCUT2D eigenvalue weighted by Crippen LogP contribution is 2.20. The first-order valence-electron chi connectivity index (χ1n) is 8.85. The first-order valence-corrected chi connectivity index (χ1v) is 8.85. The predicted octanol–water partition coefficient (Wildman–Crippen LogP) is 3.39. The number of aliphatic hydroxyl groups excluding tert-OH is 1. The number of aryl methyl sites for hydroxylation is 1. The summed E-state index contributed by atoms with van der Waals surface area (Å²) in [4.78, 5) is 12.1. The maximum Gasteiger partial charge on any atom is 0.314 e. The van der Waals surface area contributed by atoms with Crippen LogP contribution in [-0.4, -0.2) is 30.3 Å². The van der Waals surface area contributed by atoms with Crippen molar-refractivity contribution in [3.63, 3.8) is 0 Å². The van der Waals surface area contributed by atoms with E-state index in [2.05, 4.69) is 29.7 Å². The van der Waals surface area contributed by atoms with E-state index in [1.165, 1.54) is 11.1 Å². The quantitative estimate of drug-likeness (QED) is 0.690. The Hall–Kier alpha value is -2.33. The fourth-order valence-corrected chi connectivity index (χ4v) is 2.95. The third kappa shape index (κ3) is 6.59. The number of benzene rings is 2. The van der Waals surface area contributed by atoms with Crippen LogP contribution in [0.1, 0.15) is 36.0 Å². The Morgan fingerprint density at radius 2 is 1.72 bits per heavy atom. The molecule has 0 aliphatic rings. The molecule has 134 valence electrons. The van der Waals surface area contributed by atoms with Crippen molar-refractivity contribution in [3.05, 3.63) is 71.3 Å². The fraction of sp³-hybridized carbons (Fsp3) is 0.381. The lowest BCUT2D eigenvalue weighted by Gasteiger charge is -2.20. The highest BCUT2D eigenvalue weighted by Gasteiger charge is 2.15. The van der Waals surface area contributed by atoms with Crippen LogP contribution in [0.15, 0.2) is 54.6 Å². The summed E-state index contributed by atoms with van der Waals surface area (Å²) in [5, 5.41) is 15.5. The van der Waals surface area contributed by atoms with Gasteiger partial charge >= 0.3 is 6.03 Å². The standard InChI is InChI=1S/C21H28N2O2/c1-16-8-6-7-9-18(16)12-13-22-21(25)23-15-20(14-17(2)24)19-10-4-3-5-11-19/h3-11,17,20,24H,12-15H2,1-2H3,(H2,22,23,25). The molecule has 0 heterocycles. The van der Waals surface area contributed by atoms with Gasteiger partial charge in [0.15, 0.2) is 0 Å². The van der Waals surface area contributed by atoms with E-state index < -0.39 is 6.10 Å². The number of nitrogens with one attached hydrogen (secondary N) is 2. The summed E-state index contributed by atoms with van der Waals surface area (Å²) in [6.07, 6.45) is 1.03. The SMILES string of the molecule is Cc1ccccc1CCNC(=O)NCC(CC(C)O)c1ccccc1. The summed E-state index contributed by atoms with van der Waals surface area (Å²) in [6.45, 7) is 4.96. The zero-order valence-electron chi connectivity index (χ0n) is 15.0. The molecule has 0 radical (unpaired) electrons. The average molecular weight is 340 g/mol. The second-order valence-electron chi connectivity index (χ2n) is 6.51. The first kappa shape index (κ1) is 19.0. The normalized spacial score (nSPS) is 13.1. The molecule has 2 rings (SSSR count). The van der Waals surface area contributed by atoms with E-state index >= 15 is 0 Å². The summed E-state index contributed by atoms with van der Waals surface area (Å²) >= 11 is 0. The van der Waals surface area contributed by atoms with Crippen molar-refractivity contribution in [2.45, 2.75) is 38.7 Å². The molecule has 2 atom stereocenters. The van der Waals surface area contributed by atoms with Crippen molar-refractivity contribution in [2.24, 2.45) is 0 Å². The zero-order chi connectivity index (χ0) is 18.1. The van der Waals surface area contributed by atoms with Gasteiger partial charge in [-0.3, -0.25) is 0 Å². The summed E-state index contributed by atoms with van der Waals surface area (Å²) in [5.74, 6) is 0.100. The van der Waals surface area contributed by atoms with E-state index in [0.29, 0.717) is 19.5 Å². The number of urea groups is 1. The molecule has 2 amide bonds. The summed E-state index contributed by atoms with van der Waals surface area (Å²) in [6, 6.07) is 18.0. The maximum absolute atomic E-state index is 12.1. The predicted molar refractivity (Wildman–Crippen MR) is 102 cm³/mol. The van der Waals surface area contributed by atoms with E-state index in [0.717, 1.165) is 12.0 Å². The smallest absolute Gasteiger partial charge is 0.314 e. The molecule has 2 unspecified atom stereocenters. The van der Waals surface area contributed by atoms with Crippen LogP contribution >= 0.6 is 0 Å². The molecule has 0 bridgehead atoms. The van der Waals surface area contributed by atoms with Gasteiger partial charge in [-0.2, -0.15) is 0 Å². The fourth-order valence-electron chi connectivity index (χ4n) is 2.95. The molecule has 0 saturated heterocycles. The van der Waals surface area contributed by atoms with E-state index in [4.69, 9.17) is 0 Å². The van der Waals surface area contributed by atoms with Gasteiger partial charge in [-0.25, -0.2) is 4.79 Å². The molecular weight excluding hydrogens is 312 g/mol. The number of amides is 2. The van der Waals surface area contributed by atoms with Gasteiger partial charge in [0.25, 0.3) is 0 Å². The van der Waals surface area contributed by atoms with Crippen molar-refractivity contribution < 1.29 is 9.90 Å². The molecule has 3 N–H and O–H groups in total. The molecule has 2 aromatic carbocycles. The molecule has 25 heavy (non-hydrogen) atoms. The molecule has 0 aliphatic heterocycles. The molecule has 4 nitrogen and oxygen atoms in total. The second-order valence-corrected chi connectivity index (χ2v) is 6.51. The number of hydrogen-bond donors (Lipinski definition) is 3. The first-order chi connectivity index (χ1) is 12.1. The summed E-state index contributed by atoms with van der Waals surface area (Å²) in [7, 11) is 0. The minimum Gasteiger partial charge on any atom is -0.393 e. The molecule has 2 aromatic rings. The van der Waals surface area contributed by atoms with Crippen LogP contribution in [-0.2, 0) is 6.42 Å². The number of carbonyl (C=O) groups is 1. The van der Waals surface area contributed by atoms with Gasteiger partial charge in [-0.1, -0.05) is 54.6 Å². The van der Waals surface area contributed by atoms with Crippen LogP contribution in [0.4, 0.5) is 4.79 Å². The highest BCUT2D eigenvalue weighted by atomic mass is 16.3. The van der Waals surface area contributed by atoms with Gasteiger partial charge < -0.3 is 15.7 Å². The topological polar surface area (TPSA) is 61.4 Å². The van der Waals surface area contributed by atoms with Gasteiger partial charge in [0.1, 0.15) is 0 Å². The molecule has 0 saturated carbocycles. The second kappa shape index (κ2) is 9.84. The van der Waals surface area contributed by atoms with Gasteiger partial charge in [0.05, 0.1) is 6.10 Å². The van der Waals surface area contributed by atoms with Gasteiger partial charge in [0.2, 0.25) is 0 Å². The van der Waals surface area contributed by atoms with E-state index in [9.17, 15) is 9.90 Å². The van der Waals surface area contributed by atoms with Gasteiger partial charge in [0, 0.05) is 19.0 Å². The lowest BCUT2D eigenvalue weighted by atomic mass is 9.93. The van der Waals surface area contributed by atoms with Crippen molar-refractivity contribution in [2.75, 3.05) is 13.1 Å². The van der Waals surface area contributed by atoms with Crippen molar-refractivity contribution in [1.29, 1.82) is 0 Å². The Morgan fingerprint density at radius 1 is 1.04 bits per heavy atom. The van der Waals surface area contributed by atoms with Crippen LogP contribution in [0.25, 0.3) is 0 Å². The monoisotopic (exact) mass is 340 g/mol. The molecule has 0 spiro atoms. The Bertz CT molecular complexity index is 656. The Labute approximate surface area is 150 Å². The molecule has 0 aliphatic carbocycles. The molecule has 0 fully saturated rings. The summed E-state index contributed by atoms with van der Waals surface area (Å²) in [5.41, 5.74) is 3.62. The minimum atomic E-state index is -0.406. The van der Waals surface area contributed by atoms with E-state index in [1.807, 2.05) is 42.5 Å². The third-order valence-corrected chi connectivity index (χ3v) is 4.35. The van der Waals surface area contributed by atoms with Crippen molar-refractivity contribution >= 4 is 6.03 Å². The zero-order valence-corrected chi connectivity index (χ0v) is 15.0. The van der Waals surface area contributed by atoms with Crippen LogP contribution in [0.2, 0.25) is 0 Å². The Balaban J connectivity index is 1.79. The molecular formula is C21H28N2O2. The Kier molecular flexibility index (Phi) is 7.48. The lowest BCUT2D eigenvalue weighted by Crippen LogP contribution is -2.39. The summed E-state index contributed by atoms with van der Waals surface area (Å²) < 4.78 is 0. The number of rotatable bonds is 8. The average Bonchev–Trinajstić information content (AvgIpc) is 2.61. The highest BCUT2D eigenvalue weighted by molar-refractivity contribution is 5.73. The molecule has 0 aromatic heterocycles. The van der Waals surface area contributed by atoms with Crippen molar-refractivity contribution in [1.82, 2.24) is 10.6 Å². The van der Waals surface area contributed by atoms with Gasteiger partial charge in [-0.15, -0.1) is 0 Å². The van der Waals surface area contributed by atoms with Crippen molar-refractivity contribution in [3.8, 4) is 0 Å². The molecule has 4 heteroatoms. The van der Waals surface area contributed by atoms with Crippen LogP contribution in [0, 0.1) is 6.92 Å². The minimum absolute atomic E-state index is 0.100.